The Bertz CT molecular complexity index is 672. The molecule has 0 aliphatic carbocycles. The molecule has 0 saturated heterocycles. The van der Waals surface area contributed by atoms with Gasteiger partial charge in [0.05, 0.1) is 12.0 Å². The summed E-state index contributed by atoms with van der Waals surface area (Å²) in [6.45, 7) is 0. The van der Waals surface area contributed by atoms with Gasteiger partial charge in [-0.3, -0.25) is 0 Å². The lowest BCUT2D eigenvalue weighted by molar-refractivity contribution is 0.420. The van der Waals surface area contributed by atoms with Crippen molar-refractivity contribution in [3.63, 3.8) is 0 Å². The number of fused-ring (bicyclic) bond motifs is 1. The minimum atomic E-state index is 0.393. The van der Waals surface area contributed by atoms with Crippen LogP contribution in [0.4, 0.5) is 5.82 Å². The van der Waals surface area contributed by atoms with Crippen LogP contribution in [0.2, 0.25) is 0 Å². The van der Waals surface area contributed by atoms with Gasteiger partial charge in [-0.1, -0.05) is 11.2 Å². The first-order valence-electron chi connectivity index (χ1n) is 5.07. The number of nitrogens with zero attached hydrogens (tertiary/aromatic N) is 1. The predicted molar refractivity (Wildman–Crippen MR) is 68.3 cm³/mol. The van der Waals surface area contributed by atoms with Gasteiger partial charge in [-0.15, -0.1) is 11.3 Å². The van der Waals surface area contributed by atoms with Crippen LogP contribution in [0.25, 0.3) is 20.7 Å². The Labute approximate surface area is 102 Å². The van der Waals surface area contributed by atoms with E-state index < -0.39 is 0 Å². The van der Waals surface area contributed by atoms with E-state index >= 15 is 0 Å². The molecule has 3 rings (SSSR count). The van der Waals surface area contributed by atoms with Crippen molar-refractivity contribution in [2.75, 3.05) is 12.8 Å². The summed E-state index contributed by atoms with van der Waals surface area (Å²) in [4.78, 5) is 0.994. The van der Waals surface area contributed by atoms with Gasteiger partial charge in [0.25, 0.3) is 0 Å². The predicted octanol–water partition coefficient (Wildman–Crippen LogP) is 3.15. The molecule has 1 aromatic carbocycles. The molecule has 0 bridgehead atoms. The number of nitrogen functional groups attached to an aromatic ring is 1. The van der Waals surface area contributed by atoms with Crippen LogP contribution >= 0.6 is 11.3 Å². The summed E-state index contributed by atoms with van der Waals surface area (Å²) in [5, 5.41) is 4.76. The third-order valence-electron chi connectivity index (χ3n) is 2.51. The Hall–Kier alpha value is -2.01. The number of rotatable bonds is 2. The van der Waals surface area contributed by atoms with Crippen LogP contribution in [-0.4, -0.2) is 12.3 Å². The van der Waals surface area contributed by atoms with Crippen molar-refractivity contribution >= 4 is 27.2 Å². The molecule has 4 nitrogen and oxygen atoms in total. The third-order valence-corrected chi connectivity index (χ3v) is 3.63. The first-order chi connectivity index (χ1) is 8.28. The Morgan fingerprint density at radius 3 is 2.94 bits per heavy atom. The molecule has 0 radical (unpaired) electrons. The van der Waals surface area contributed by atoms with E-state index in [-0.39, 0.29) is 0 Å². The van der Waals surface area contributed by atoms with Crippen LogP contribution in [0.5, 0.6) is 5.75 Å². The fourth-order valence-electron chi connectivity index (χ4n) is 1.74. The van der Waals surface area contributed by atoms with E-state index in [2.05, 4.69) is 5.16 Å². The van der Waals surface area contributed by atoms with E-state index in [4.69, 9.17) is 15.0 Å². The van der Waals surface area contributed by atoms with Crippen molar-refractivity contribution in [2.45, 2.75) is 0 Å². The maximum absolute atomic E-state index is 5.54. The number of hydrogen-bond donors (Lipinski definition) is 1. The van der Waals surface area contributed by atoms with E-state index in [0.717, 1.165) is 20.7 Å². The van der Waals surface area contributed by atoms with Crippen molar-refractivity contribution in [3.8, 4) is 16.4 Å². The summed E-state index contributed by atoms with van der Waals surface area (Å²) in [6, 6.07) is 9.70. The lowest BCUT2D eigenvalue weighted by Crippen LogP contribution is -1.81. The maximum atomic E-state index is 5.54. The monoisotopic (exact) mass is 246 g/mol. The Morgan fingerprint density at radius 1 is 1.35 bits per heavy atom. The van der Waals surface area contributed by atoms with Gasteiger partial charge >= 0.3 is 0 Å². The fraction of sp³-hybridized carbons (Fsp3) is 0.0833. The van der Waals surface area contributed by atoms with E-state index in [0.29, 0.717) is 11.6 Å². The summed E-state index contributed by atoms with van der Waals surface area (Å²) >= 11 is 1.62. The largest absolute Gasteiger partial charge is 0.496 e. The minimum Gasteiger partial charge on any atom is -0.496 e. The highest BCUT2D eigenvalue weighted by Gasteiger charge is 2.11. The second-order valence-electron chi connectivity index (χ2n) is 3.60. The number of ether oxygens (including phenoxy) is 1. The number of benzene rings is 1. The highest BCUT2D eigenvalue weighted by atomic mass is 32.1. The molecule has 0 fully saturated rings. The number of nitrogens with two attached hydrogens (primary N) is 1. The molecule has 0 atom stereocenters. The standard InChI is InChI=1S/C12H10N2O2S/c1-15-8-3-2-4-10-7(8)5-11(17-10)9-6-12(13)14-16-9/h2-6H,1H3,(H2,13,14). The number of aromatic nitrogens is 1. The minimum absolute atomic E-state index is 0.393. The van der Waals surface area contributed by atoms with Crippen LogP contribution in [-0.2, 0) is 0 Å². The molecule has 17 heavy (non-hydrogen) atoms. The van der Waals surface area contributed by atoms with Gasteiger partial charge in [0.1, 0.15) is 5.75 Å². The summed E-state index contributed by atoms with van der Waals surface area (Å²) < 4.78 is 11.6. The molecule has 0 aliphatic heterocycles. The van der Waals surface area contributed by atoms with Gasteiger partial charge in [-0.2, -0.15) is 0 Å². The summed E-state index contributed by atoms with van der Waals surface area (Å²) in [5.74, 6) is 1.94. The summed E-state index contributed by atoms with van der Waals surface area (Å²) in [5.41, 5.74) is 5.54. The Kier molecular flexibility index (Phi) is 2.26. The quantitative estimate of drug-likeness (QED) is 0.754. The molecule has 2 aromatic heterocycles. The fourth-order valence-corrected chi connectivity index (χ4v) is 2.77. The molecule has 0 aliphatic rings. The zero-order valence-electron chi connectivity index (χ0n) is 9.14. The lowest BCUT2D eigenvalue weighted by Gasteiger charge is -1.99. The maximum Gasteiger partial charge on any atom is 0.179 e. The zero-order chi connectivity index (χ0) is 11.8. The average molecular weight is 246 g/mol. The zero-order valence-corrected chi connectivity index (χ0v) is 9.95. The van der Waals surface area contributed by atoms with E-state index in [1.165, 1.54) is 0 Å². The summed E-state index contributed by atoms with van der Waals surface area (Å²) in [6.07, 6.45) is 0. The highest BCUT2D eigenvalue weighted by Crippen LogP contribution is 2.38. The van der Waals surface area contributed by atoms with Crippen LogP contribution < -0.4 is 10.5 Å². The van der Waals surface area contributed by atoms with Gasteiger partial charge in [0, 0.05) is 16.2 Å². The van der Waals surface area contributed by atoms with Gasteiger partial charge in [0.15, 0.2) is 11.6 Å². The number of thiophene rings is 1. The van der Waals surface area contributed by atoms with E-state index in [9.17, 15) is 0 Å². The van der Waals surface area contributed by atoms with Gasteiger partial charge in [-0.05, 0) is 18.2 Å². The molecule has 0 unspecified atom stereocenters. The Morgan fingerprint density at radius 2 is 2.24 bits per heavy atom. The van der Waals surface area contributed by atoms with E-state index in [1.54, 1.807) is 24.5 Å². The molecule has 2 N–H and O–H groups in total. The Balaban J connectivity index is 2.19. The van der Waals surface area contributed by atoms with Crippen LogP contribution in [0.3, 0.4) is 0 Å². The highest BCUT2D eigenvalue weighted by molar-refractivity contribution is 7.22. The van der Waals surface area contributed by atoms with Gasteiger partial charge in [-0.25, -0.2) is 0 Å². The SMILES string of the molecule is COc1cccc2sc(-c3cc(N)no3)cc12. The molecule has 0 saturated carbocycles. The molecule has 5 heteroatoms. The van der Waals surface area contributed by atoms with Crippen LogP contribution in [0, 0.1) is 0 Å². The molecule has 2 heterocycles. The molecular formula is C12H10N2O2S. The van der Waals surface area contributed by atoms with Crippen molar-refractivity contribution in [1.29, 1.82) is 0 Å². The van der Waals surface area contributed by atoms with Gasteiger partial charge < -0.3 is 15.0 Å². The molecule has 0 spiro atoms. The molecule has 0 amide bonds. The average Bonchev–Trinajstić information content (AvgIpc) is 2.93. The first-order valence-corrected chi connectivity index (χ1v) is 5.88. The number of methoxy groups -OCH3 is 1. The van der Waals surface area contributed by atoms with Crippen molar-refractivity contribution in [3.05, 3.63) is 30.3 Å². The second-order valence-corrected chi connectivity index (χ2v) is 4.68. The number of hydrogen-bond acceptors (Lipinski definition) is 5. The van der Waals surface area contributed by atoms with Crippen molar-refractivity contribution in [1.82, 2.24) is 5.16 Å². The molecule has 3 aromatic rings. The normalized spacial score (nSPS) is 10.9. The second kappa shape index (κ2) is 3.78. The van der Waals surface area contributed by atoms with Gasteiger partial charge in [0.2, 0.25) is 0 Å². The van der Waals surface area contributed by atoms with E-state index in [1.807, 2.05) is 24.3 Å². The van der Waals surface area contributed by atoms with Crippen molar-refractivity contribution in [2.24, 2.45) is 0 Å². The molecular weight excluding hydrogens is 236 g/mol. The summed E-state index contributed by atoms with van der Waals surface area (Å²) in [7, 11) is 1.67. The lowest BCUT2D eigenvalue weighted by atomic mass is 10.2. The molecule has 86 valence electrons. The topological polar surface area (TPSA) is 61.3 Å². The smallest absolute Gasteiger partial charge is 0.179 e. The third kappa shape index (κ3) is 1.64. The first kappa shape index (κ1) is 10.2. The van der Waals surface area contributed by atoms with Crippen molar-refractivity contribution < 1.29 is 9.26 Å². The van der Waals surface area contributed by atoms with Crippen LogP contribution in [0.1, 0.15) is 0 Å². The van der Waals surface area contributed by atoms with Crippen LogP contribution in [0.15, 0.2) is 34.9 Å². The number of anilines is 1.